The molecule has 0 saturated heterocycles. The van der Waals surface area contributed by atoms with Crippen LogP contribution in [0.15, 0.2) is 72.9 Å². The van der Waals surface area contributed by atoms with Gasteiger partial charge in [-0.1, -0.05) is 42.5 Å². The highest BCUT2D eigenvalue weighted by molar-refractivity contribution is 6.07. The van der Waals surface area contributed by atoms with E-state index in [9.17, 15) is 9.90 Å². The fourth-order valence-corrected chi connectivity index (χ4v) is 4.40. The lowest BCUT2D eigenvalue weighted by Crippen LogP contribution is -2.05. The van der Waals surface area contributed by atoms with E-state index in [1.54, 1.807) is 6.07 Å². The maximum Gasteiger partial charge on any atom is 0.336 e. The first-order valence-corrected chi connectivity index (χ1v) is 10.9. The van der Waals surface area contributed by atoms with E-state index in [1.807, 2.05) is 67.7 Å². The summed E-state index contributed by atoms with van der Waals surface area (Å²) >= 11 is 0. The summed E-state index contributed by atoms with van der Waals surface area (Å²) in [5, 5.41) is 10.7. The topological polar surface area (TPSA) is 63.8 Å². The average Bonchev–Trinajstić information content (AvgIpc) is 3.09. The van der Waals surface area contributed by atoms with Crippen molar-refractivity contribution in [1.29, 1.82) is 0 Å². The Balaban J connectivity index is 1.73. The highest BCUT2D eigenvalue weighted by Gasteiger charge is 2.21. The van der Waals surface area contributed by atoms with E-state index in [1.165, 1.54) is 0 Å². The number of aromatic carboxylic acids is 1. The number of aryl methyl sites for hydroxylation is 2. The van der Waals surface area contributed by atoms with Gasteiger partial charge in [0.15, 0.2) is 0 Å². The number of hydrogen-bond acceptors (Lipinski definition) is 3. The molecule has 0 atom stereocenters. The fraction of sp³-hybridized carbons (Fsp3) is 0.143. The maximum absolute atomic E-state index is 12.4. The molecule has 0 aliphatic heterocycles. The third-order valence-electron chi connectivity index (χ3n) is 6.24. The Morgan fingerprint density at radius 2 is 1.73 bits per heavy atom. The van der Waals surface area contributed by atoms with Crippen molar-refractivity contribution in [2.75, 3.05) is 0 Å². The number of hydrogen-bond donors (Lipinski definition) is 1. The zero-order chi connectivity index (χ0) is 23.1. The summed E-state index contributed by atoms with van der Waals surface area (Å²) in [6, 6.07) is 21.3. The van der Waals surface area contributed by atoms with E-state index >= 15 is 0 Å². The molecule has 5 nitrogen and oxygen atoms in total. The van der Waals surface area contributed by atoms with Crippen molar-refractivity contribution in [1.82, 2.24) is 9.38 Å². The van der Waals surface area contributed by atoms with Crippen LogP contribution < -0.4 is 4.74 Å². The molecule has 0 fully saturated rings. The van der Waals surface area contributed by atoms with Gasteiger partial charge >= 0.3 is 5.97 Å². The van der Waals surface area contributed by atoms with Crippen molar-refractivity contribution < 1.29 is 14.6 Å². The molecule has 0 unspecified atom stereocenters. The van der Waals surface area contributed by atoms with Crippen molar-refractivity contribution in [3.05, 3.63) is 101 Å². The molecule has 5 rings (SSSR count). The molecule has 5 aromatic rings. The molecule has 0 radical (unpaired) electrons. The first-order valence-electron chi connectivity index (χ1n) is 10.9. The predicted molar refractivity (Wildman–Crippen MR) is 130 cm³/mol. The molecule has 3 aromatic heterocycles. The molecule has 0 amide bonds. The standard InChI is InChI=1S/C28H24N2O3/c1-17-12-13-24(33-16-20-9-5-4-6-10-20)25-21(28(31)32)15-22(29-26(17)25)27-19(3)18(2)23-11-7-8-14-30(23)27/h4-15H,16H2,1-3H3,(H,31,32). The average molecular weight is 437 g/mol. The number of rotatable bonds is 5. The predicted octanol–water partition coefficient (Wildman–Crippen LogP) is 6.36. The van der Waals surface area contributed by atoms with E-state index in [0.29, 0.717) is 29.0 Å². The van der Waals surface area contributed by atoms with E-state index in [4.69, 9.17) is 9.72 Å². The molecule has 33 heavy (non-hydrogen) atoms. The molecular formula is C28H24N2O3. The minimum absolute atomic E-state index is 0.185. The van der Waals surface area contributed by atoms with Gasteiger partial charge in [-0.2, -0.15) is 0 Å². The van der Waals surface area contributed by atoms with Crippen molar-refractivity contribution in [2.45, 2.75) is 27.4 Å². The van der Waals surface area contributed by atoms with Crippen LogP contribution in [-0.2, 0) is 6.61 Å². The highest BCUT2D eigenvalue weighted by atomic mass is 16.5. The third kappa shape index (κ3) is 3.52. The first-order chi connectivity index (χ1) is 16.0. The van der Waals surface area contributed by atoms with E-state index in [0.717, 1.165) is 33.5 Å². The van der Waals surface area contributed by atoms with Crippen LogP contribution in [-0.4, -0.2) is 20.5 Å². The van der Waals surface area contributed by atoms with Crippen molar-refractivity contribution in [2.24, 2.45) is 0 Å². The molecule has 0 aliphatic carbocycles. The lowest BCUT2D eigenvalue weighted by molar-refractivity contribution is 0.0698. The minimum Gasteiger partial charge on any atom is -0.488 e. The van der Waals surface area contributed by atoms with E-state index in [2.05, 4.69) is 24.3 Å². The second-order valence-corrected chi connectivity index (χ2v) is 8.29. The second-order valence-electron chi connectivity index (χ2n) is 8.29. The summed E-state index contributed by atoms with van der Waals surface area (Å²) in [7, 11) is 0. The minimum atomic E-state index is -1.01. The number of pyridine rings is 2. The van der Waals surface area contributed by atoms with Gasteiger partial charge in [0, 0.05) is 11.7 Å². The summed E-state index contributed by atoms with van der Waals surface area (Å²) in [6.45, 7) is 6.42. The molecule has 2 aromatic carbocycles. The van der Waals surface area contributed by atoms with Gasteiger partial charge in [0.05, 0.1) is 27.9 Å². The van der Waals surface area contributed by atoms with Gasteiger partial charge < -0.3 is 14.2 Å². The zero-order valence-electron chi connectivity index (χ0n) is 18.8. The Morgan fingerprint density at radius 1 is 0.970 bits per heavy atom. The summed E-state index contributed by atoms with van der Waals surface area (Å²) in [4.78, 5) is 17.4. The molecule has 5 heteroatoms. The second kappa shape index (κ2) is 8.10. The van der Waals surface area contributed by atoms with Crippen molar-refractivity contribution in [3.63, 3.8) is 0 Å². The number of aromatic nitrogens is 2. The number of carbonyl (C=O) groups is 1. The van der Waals surface area contributed by atoms with Crippen LogP contribution in [0, 0.1) is 20.8 Å². The van der Waals surface area contributed by atoms with Crippen LogP contribution in [0.2, 0.25) is 0 Å². The Bertz CT molecular complexity index is 1520. The number of ether oxygens (including phenoxy) is 1. The van der Waals surface area contributed by atoms with Crippen molar-refractivity contribution in [3.8, 4) is 17.1 Å². The lowest BCUT2D eigenvalue weighted by Gasteiger charge is -2.15. The number of fused-ring (bicyclic) bond motifs is 2. The molecule has 0 bridgehead atoms. The van der Waals surface area contributed by atoms with Gasteiger partial charge in [0.2, 0.25) is 0 Å². The number of carboxylic acid groups (broad SMARTS) is 1. The van der Waals surface area contributed by atoms with Crippen LogP contribution in [0.5, 0.6) is 5.75 Å². The van der Waals surface area contributed by atoms with Gasteiger partial charge in [-0.15, -0.1) is 0 Å². The molecule has 1 N–H and O–H groups in total. The lowest BCUT2D eigenvalue weighted by atomic mass is 10.0. The van der Waals surface area contributed by atoms with Crippen molar-refractivity contribution >= 4 is 22.4 Å². The van der Waals surface area contributed by atoms with Crippen LogP contribution in [0.1, 0.15) is 32.6 Å². The number of benzene rings is 2. The molecule has 3 heterocycles. The van der Waals surface area contributed by atoms with Gasteiger partial charge in [-0.25, -0.2) is 9.78 Å². The van der Waals surface area contributed by atoms with Gasteiger partial charge in [-0.05, 0) is 67.3 Å². The molecular weight excluding hydrogens is 412 g/mol. The molecule has 0 spiro atoms. The number of carboxylic acids is 1. The Hall–Kier alpha value is -4.12. The zero-order valence-corrected chi connectivity index (χ0v) is 18.8. The molecule has 0 saturated carbocycles. The van der Waals surface area contributed by atoms with E-state index in [-0.39, 0.29) is 5.56 Å². The maximum atomic E-state index is 12.4. The molecule has 0 aliphatic rings. The normalized spacial score (nSPS) is 11.2. The quantitative estimate of drug-likeness (QED) is 0.348. The monoisotopic (exact) mass is 436 g/mol. The van der Waals surface area contributed by atoms with Crippen LogP contribution in [0.25, 0.3) is 27.8 Å². The smallest absolute Gasteiger partial charge is 0.336 e. The van der Waals surface area contributed by atoms with Crippen LogP contribution in [0.4, 0.5) is 0 Å². The largest absolute Gasteiger partial charge is 0.488 e. The summed E-state index contributed by atoms with van der Waals surface area (Å²) in [6.07, 6.45) is 1.99. The Morgan fingerprint density at radius 3 is 2.48 bits per heavy atom. The Labute approximate surface area is 191 Å². The first kappa shape index (κ1) is 20.8. The van der Waals surface area contributed by atoms with Gasteiger partial charge in [0.25, 0.3) is 0 Å². The fourth-order valence-electron chi connectivity index (χ4n) is 4.40. The molecule has 164 valence electrons. The van der Waals surface area contributed by atoms with Crippen LogP contribution >= 0.6 is 0 Å². The van der Waals surface area contributed by atoms with Gasteiger partial charge in [-0.3, -0.25) is 0 Å². The van der Waals surface area contributed by atoms with E-state index < -0.39 is 5.97 Å². The SMILES string of the molecule is Cc1c(C)c2ccccn2c1-c1cc(C(=O)O)c2c(OCc3ccccc3)ccc(C)c2n1. The Kier molecular flexibility index (Phi) is 5.09. The van der Waals surface area contributed by atoms with Gasteiger partial charge in [0.1, 0.15) is 12.4 Å². The highest BCUT2D eigenvalue weighted by Crippen LogP contribution is 2.36. The third-order valence-corrected chi connectivity index (χ3v) is 6.24. The summed E-state index contributed by atoms with van der Waals surface area (Å²) in [5.74, 6) is -0.488. The number of nitrogens with zero attached hydrogens (tertiary/aromatic N) is 2. The summed E-state index contributed by atoms with van der Waals surface area (Å²) in [5.41, 5.74) is 7.59. The summed E-state index contributed by atoms with van der Waals surface area (Å²) < 4.78 is 8.17. The van der Waals surface area contributed by atoms with Crippen LogP contribution in [0.3, 0.4) is 0 Å².